The molecule has 8 nitrogen and oxygen atoms in total. The van der Waals surface area contributed by atoms with E-state index in [-0.39, 0.29) is 11.6 Å². The van der Waals surface area contributed by atoms with Gasteiger partial charge in [-0.05, 0) is 18.1 Å². The summed E-state index contributed by atoms with van der Waals surface area (Å²) >= 11 is 17.0. The molecular weight excluding hydrogens is 525 g/mol. The molecule has 34 heavy (non-hydrogen) atoms. The number of aliphatic hydroxyl groups excluding tert-OH is 1. The molecule has 2 fully saturated rings. The molecule has 1 aromatic carbocycles. The molecule has 12 heteroatoms. The number of carbonyl (C=O) groups is 1. The van der Waals surface area contributed by atoms with Gasteiger partial charge in [0.25, 0.3) is 0 Å². The predicted octanol–water partition coefficient (Wildman–Crippen LogP) is 4.67. The highest BCUT2D eigenvalue weighted by molar-refractivity contribution is 6.74. The van der Waals surface area contributed by atoms with Crippen molar-refractivity contribution in [2.75, 3.05) is 13.2 Å². The van der Waals surface area contributed by atoms with Crippen molar-refractivity contribution < 1.29 is 33.3 Å². The summed E-state index contributed by atoms with van der Waals surface area (Å²) in [6.07, 6.45) is -5.08. The molecular formula is C22H32Cl3NO7Si. The summed E-state index contributed by atoms with van der Waals surface area (Å²) in [6.45, 7) is 10.1. The Kier molecular flexibility index (Phi) is 8.86. The average Bonchev–Trinajstić information content (AvgIpc) is 2.74. The number of hydrogen-bond donors (Lipinski definition) is 2. The van der Waals surface area contributed by atoms with Crippen LogP contribution in [0.25, 0.3) is 0 Å². The Balaban J connectivity index is 1.80. The number of fused-ring (bicyclic) bond motifs is 1. The topological polar surface area (TPSA) is 95.5 Å². The Morgan fingerprint density at radius 2 is 1.82 bits per heavy atom. The first-order valence-corrected chi connectivity index (χ1v) is 15.1. The van der Waals surface area contributed by atoms with E-state index in [4.69, 9.17) is 58.2 Å². The lowest BCUT2D eigenvalue weighted by Crippen LogP contribution is -2.68. The lowest BCUT2D eigenvalue weighted by molar-refractivity contribution is -0.335. The van der Waals surface area contributed by atoms with Crippen LogP contribution in [0.1, 0.15) is 32.6 Å². The van der Waals surface area contributed by atoms with Gasteiger partial charge in [-0.2, -0.15) is 0 Å². The summed E-state index contributed by atoms with van der Waals surface area (Å²) < 4.78 is 27.8. The summed E-state index contributed by atoms with van der Waals surface area (Å²) in [5.41, 5.74) is 0.805. The Morgan fingerprint density at radius 3 is 2.41 bits per heavy atom. The van der Waals surface area contributed by atoms with E-state index >= 15 is 0 Å². The van der Waals surface area contributed by atoms with E-state index in [0.29, 0.717) is 0 Å². The molecule has 2 saturated heterocycles. The first-order valence-electron chi connectivity index (χ1n) is 11.0. The van der Waals surface area contributed by atoms with Gasteiger partial charge in [-0.1, -0.05) is 85.9 Å². The van der Waals surface area contributed by atoms with E-state index in [2.05, 4.69) is 26.1 Å². The van der Waals surface area contributed by atoms with Gasteiger partial charge in [0, 0.05) is 5.56 Å². The smallest absolute Gasteiger partial charge is 0.407 e. The minimum absolute atomic E-state index is 0.142. The molecule has 2 aliphatic rings. The van der Waals surface area contributed by atoms with Crippen LogP contribution in [0, 0.1) is 0 Å². The molecule has 0 saturated carbocycles. The van der Waals surface area contributed by atoms with Gasteiger partial charge in [0.2, 0.25) is 3.79 Å². The summed E-state index contributed by atoms with van der Waals surface area (Å²) in [5.74, 6) is 0. The number of amides is 1. The zero-order valence-corrected chi connectivity index (χ0v) is 23.1. The normalized spacial score (nSPS) is 30.4. The number of aliphatic hydroxyl groups is 1. The zero-order valence-electron chi connectivity index (χ0n) is 19.8. The molecule has 0 radical (unpaired) electrons. The molecule has 0 aliphatic carbocycles. The fraction of sp³-hybridized carbons (Fsp3) is 0.682. The van der Waals surface area contributed by atoms with Crippen molar-refractivity contribution in [1.29, 1.82) is 0 Å². The van der Waals surface area contributed by atoms with Gasteiger partial charge in [0.1, 0.15) is 31.0 Å². The van der Waals surface area contributed by atoms with Crippen LogP contribution in [0.15, 0.2) is 30.3 Å². The predicted molar refractivity (Wildman–Crippen MR) is 132 cm³/mol. The molecule has 6 atom stereocenters. The van der Waals surface area contributed by atoms with Crippen molar-refractivity contribution in [3.8, 4) is 0 Å². The van der Waals surface area contributed by atoms with Crippen LogP contribution in [0.2, 0.25) is 18.1 Å². The minimum atomic E-state index is -2.36. The number of nitrogens with one attached hydrogen (secondary N) is 1. The molecule has 2 N–H and O–H groups in total. The fourth-order valence-electron chi connectivity index (χ4n) is 3.42. The van der Waals surface area contributed by atoms with Crippen LogP contribution >= 0.6 is 34.8 Å². The van der Waals surface area contributed by atoms with Crippen molar-refractivity contribution in [3.63, 3.8) is 0 Å². The highest BCUT2D eigenvalue weighted by Gasteiger charge is 2.53. The summed E-state index contributed by atoms with van der Waals surface area (Å²) in [6, 6.07) is 8.38. The number of benzene rings is 1. The first kappa shape index (κ1) is 28.0. The zero-order chi connectivity index (χ0) is 25.3. The number of alkyl carbamates (subject to hydrolysis) is 1. The van der Waals surface area contributed by atoms with Crippen molar-refractivity contribution >= 4 is 49.2 Å². The minimum Gasteiger partial charge on any atom is -0.445 e. The molecule has 1 amide bonds. The van der Waals surface area contributed by atoms with Crippen LogP contribution in [0.4, 0.5) is 4.79 Å². The molecule has 1 unspecified atom stereocenters. The Bertz CT molecular complexity index is 834. The Labute approximate surface area is 216 Å². The van der Waals surface area contributed by atoms with Crippen molar-refractivity contribution in [1.82, 2.24) is 5.32 Å². The standard InChI is InChI=1S/C22H32Cl3NO7Si/c1-21(2,3)34(4,5)33-19-15(26-20(28)30-12-22(23,24)25)16(27)17-14(31-19)11-29-18(32-17)13-9-7-6-8-10-13/h6-10,14-19,27H,11-12H2,1-5H3,(H,26,28)/t14-,15-,16-,17+,18?,19+/m1/s1. The fourth-order valence-corrected chi connectivity index (χ4v) is 4.72. The third-order valence-electron chi connectivity index (χ3n) is 6.31. The van der Waals surface area contributed by atoms with Gasteiger partial charge >= 0.3 is 6.09 Å². The average molecular weight is 557 g/mol. The van der Waals surface area contributed by atoms with E-state index in [1.165, 1.54) is 0 Å². The van der Waals surface area contributed by atoms with E-state index in [0.717, 1.165) is 5.56 Å². The first-order chi connectivity index (χ1) is 15.7. The van der Waals surface area contributed by atoms with Crippen molar-refractivity contribution in [3.05, 3.63) is 35.9 Å². The molecule has 0 aromatic heterocycles. The largest absolute Gasteiger partial charge is 0.445 e. The summed E-state index contributed by atoms with van der Waals surface area (Å²) in [4.78, 5) is 12.5. The number of hydrogen-bond acceptors (Lipinski definition) is 7. The van der Waals surface area contributed by atoms with E-state index in [1.54, 1.807) is 0 Å². The lowest BCUT2D eigenvalue weighted by atomic mass is 9.96. The molecule has 192 valence electrons. The van der Waals surface area contributed by atoms with Crippen LogP contribution in [0.5, 0.6) is 0 Å². The van der Waals surface area contributed by atoms with Crippen LogP contribution < -0.4 is 5.32 Å². The number of carbonyl (C=O) groups excluding carboxylic acids is 1. The number of halogens is 3. The molecule has 2 aliphatic heterocycles. The SMILES string of the molecule is CC(C)(C)[Si](C)(C)O[C@@H]1O[C@@H]2COC(c3ccccc3)O[C@@H]2[C@H](O)[C@H]1NC(=O)OCC(Cl)(Cl)Cl. The van der Waals surface area contributed by atoms with Gasteiger partial charge in [0.05, 0.1) is 6.61 Å². The lowest BCUT2D eigenvalue weighted by Gasteiger charge is -2.50. The highest BCUT2D eigenvalue weighted by atomic mass is 35.6. The molecule has 3 rings (SSSR count). The number of rotatable bonds is 5. The molecule has 2 heterocycles. The van der Waals surface area contributed by atoms with Gasteiger partial charge in [-0.3, -0.25) is 0 Å². The van der Waals surface area contributed by atoms with Gasteiger partial charge < -0.3 is 33.8 Å². The van der Waals surface area contributed by atoms with Gasteiger partial charge in [-0.25, -0.2) is 4.79 Å². The van der Waals surface area contributed by atoms with Gasteiger partial charge in [0.15, 0.2) is 20.9 Å². The molecule has 0 bridgehead atoms. The second kappa shape index (κ2) is 10.8. The van der Waals surface area contributed by atoms with E-state index < -0.39 is 61.7 Å². The molecule has 0 spiro atoms. The van der Waals surface area contributed by atoms with Crippen LogP contribution in [-0.4, -0.2) is 67.2 Å². The maximum Gasteiger partial charge on any atom is 0.407 e. The van der Waals surface area contributed by atoms with E-state index in [9.17, 15) is 9.90 Å². The van der Waals surface area contributed by atoms with Crippen LogP contribution in [-0.2, 0) is 23.4 Å². The quantitative estimate of drug-likeness (QED) is 0.402. The maximum atomic E-state index is 12.5. The number of alkyl halides is 3. The van der Waals surface area contributed by atoms with E-state index in [1.807, 2.05) is 43.4 Å². The van der Waals surface area contributed by atoms with Crippen molar-refractivity contribution in [2.24, 2.45) is 0 Å². The van der Waals surface area contributed by atoms with Crippen LogP contribution in [0.3, 0.4) is 0 Å². The molecule has 1 aromatic rings. The third-order valence-corrected chi connectivity index (χ3v) is 11.1. The third kappa shape index (κ3) is 6.99. The Hall–Kier alpha value is -0.623. The Morgan fingerprint density at radius 1 is 1.18 bits per heavy atom. The maximum absolute atomic E-state index is 12.5. The van der Waals surface area contributed by atoms with Crippen molar-refractivity contribution in [2.45, 2.75) is 79.6 Å². The monoisotopic (exact) mass is 555 g/mol. The summed E-state index contributed by atoms with van der Waals surface area (Å²) in [7, 11) is -2.36. The second-order valence-electron chi connectivity index (χ2n) is 9.95. The van der Waals surface area contributed by atoms with Gasteiger partial charge in [-0.15, -0.1) is 0 Å². The summed E-state index contributed by atoms with van der Waals surface area (Å²) in [5, 5.41) is 13.8. The highest BCUT2D eigenvalue weighted by Crippen LogP contribution is 2.40. The number of ether oxygens (including phenoxy) is 4. The second-order valence-corrected chi connectivity index (χ2v) is 17.2.